The number of rotatable bonds is 8. The number of amides is 1. The van der Waals surface area contributed by atoms with Crippen molar-refractivity contribution in [2.24, 2.45) is 5.10 Å². The number of alkyl halides is 3. The van der Waals surface area contributed by atoms with E-state index in [0.29, 0.717) is 19.2 Å². The standard InChI is InChI=1S/C23H26F4N6O/c1-5-7-8-12-31-32(4)21-17(10-9-11-18(21)24)22(34)33(6-2)16(3)13-29-20-15-28-19(14-30-20)23(25,26)27/h9-12,14-16H,5-6,13H2,1-4H3,(H,29,30)/b31-12-. The Bertz CT molecular complexity index is 1060. The van der Waals surface area contributed by atoms with Gasteiger partial charge in [-0.05, 0) is 26.0 Å². The SMILES string of the molecule is CCC#C/C=N\N(C)c1c(F)cccc1C(=O)N(CC)C(C)CNc1cnc(C(F)(F)F)cn1. The Kier molecular flexibility index (Phi) is 9.36. The van der Waals surface area contributed by atoms with E-state index >= 15 is 0 Å². The highest BCUT2D eigenvalue weighted by Crippen LogP contribution is 2.27. The molecule has 1 N–H and O–H groups in total. The summed E-state index contributed by atoms with van der Waals surface area (Å²) >= 11 is 0. The normalized spacial score (nSPS) is 12.1. The minimum atomic E-state index is -4.58. The number of hydrogen-bond acceptors (Lipinski definition) is 6. The van der Waals surface area contributed by atoms with Gasteiger partial charge in [-0.1, -0.05) is 24.8 Å². The average molecular weight is 478 g/mol. The van der Waals surface area contributed by atoms with Crippen LogP contribution in [-0.4, -0.2) is 53.2 Å². The Morgan fingerprint density at radius 3 is 2.59 bits per heavy atom. The number of aromatic nitrogens is 2. The summed E-state index contributed by atoms with van der Waals surface area (Å²) in [6, 6.07) is 3.78. The lowest BCUT2D eigenvalue weighted by molar-refractivity contribution is -0.141. The van der Waals surface area contributed by atoms with Crippen LogP contribution < -0.4 is 10.3 Å². The Morgan fingerprint density at radius 1 is 1.26 bits per heavy atom. The van der Waals surface area contributed by atoms with Crippen molar-refractivity contribution in [3.05, 3.63) is 47.7 Å². The van der Waals surface area contributed by atoms with Crippen LogP contribution in [0.1, 0.15) is 43.2 Å². The molecule has 182 valence electrons. The van der Waals surface area contributed by atoms with Crippen molar-refractivity contribution in [3.8, 4) is 11.8 Å². The number of hydrogen-bond donors (Lipinski definition) is 1. The summed E-state index contributed by atoms with van der Waals surface area (Å²) < 4.78 is 52.6. The quantitative estimate of drug-likeness (QED) is 0.263. The topological polar surface area (TPSA) is 73.7 Å². The van der Waals surface area contributed by atoms with Crippen molar-refractivity contribution in [1.82, 2.24) is 14.9 Å². The van der Waals surface area contributed by atoms with Crippen molar-refractivity contribution < 1.29 is 22.4 Å². The Balaban J connectivity index is 2.18. The van der Waals surface area contributed by atoms with Crippen molar-refractivity contribution in [3.63, 3.8) is 0 Å². The first kappa shape index (κ1) is 26.6. The van der Waals surface area contributed by atoms with Crippen LogP contribution in [0.25, 0.3) is 0 Å². The number of nitrogens with zero attached hydrogens (tertiary/aromatic N) is 5. The smallest absolute Gasteiger partial charge is 0.367 e. The zero-order valence-electron chi connectivity index (χ0n) is 19.3. The molecule has 0 aliphatic heterocycles. The van der Waals surface area contributed by atoms with Gasteiger partial charge in [0.2, 0.25) is 0 Å². The molecule has 0 bridgehead atoms. The van der Waals surface area contributed by atoms with Crippen LogP contribution in [0.5, 0.6) is 0 Å². The molecule has 0 spiro atoms. The first-order chi connectivity index (χ1) is 16.1. The Morgan fingerprint density at radius 2 is 2.00 bits per heavy atom. The van der Waals surface area contributed by atoms with Gasteiger partial charge in [0, 0.05) is 32.6 Å². The number of anilines is 2. The largest absolute Gasteiger partial charge is 0.434 e. The van der Waals surface area contributed by atoms with Gasteiger partial charge in [0.05, 0.1) is 24.2 Å². The minimum absolute atomic E-state index is 0.00858. The predicted octanol–water partition coefficient (Wildman–Crippen LogP) is 4.43. The lowest BCUT2D eigenvalue weighted by Gasteiger charge is -2.30. The number of benzene rings is 1. The van der Waals surface area contributed by atoms with E-state index in [2.05, 4.69) is 32.2 Å². The molecule has 7 nitrogen and oxygen atoms in total. The zero-order valence-corrected chi connectivity index (χ0v) is 19.3. The molecule has 0 saturated heterocycles. The molecule has 1 aromatic heterocycles. The highest BCUT2D eigenvalue weighted by molar-refractivity contribution is 6.00. The van der Waals surface area contributed by atoms with Gasteiger partial charge in [-0.15, -0.1) is 0 Å². The number of nitrogens with one attached hydrogen (secondary N) is 1. The highest BCUT2D eigenvalue weighted by Gasteiger charge is 2.32. The molecule has 0 fully saturated rings. The molecule has 0 saturated carbocycles. The van der Waals surface area contributed by atoms with Gasteiger partial charge < -0.3 is 10.2 Å². The van der Waals surface area contributed by atoms with E-state index in [1.54, 1.807) is 13.8 Å². The monoisotopic (exact) mass is 478 g/mol. The third kappa shape index (κ3) is 6.91. The molecule has 1 amide bonds. The van der Waals surface area contributed by atoms with E-state index in [1.807, 2.05) is 6.92 Å². The molecular formula is C23H26F4N6O. The summed E-state index contributed by atoms with van der Waals surface area (Å²) in [4.78, 5) is 21.9. The van der Waals surface area contributed by atoms with E-state index < -0.39 is 29.6 Å². The van der Waals surface area contributed by atoms with Crippen LogP contribution in [0.2, 0.25) is 0 Å². The second kappa shape index (κ2) is 12.0. The zero-order chi connectivity index (χ0) is 25.3. The van der Waals surface area contributed by atoms with Crippen LogP contribution in [0.4, 0.5) is 29.1 Å². The number of para-hydroxylation sites is 1. The third-order valence-electron chi connectivity index (χ3n) is 4.77. The number of likely N-dealkylation sites (N-methyl/N-ethyl adjacent to an activating group) is 1. The Hall–Kier alpha value is -3.68. The number of halogens is 4. The molecule has 2 rings (SSSR count). The van der Waals surface area contributed by atoms with Gasteiger partial charge in [0.1, 0.15) is 17.3 Å². The molecule has 0 aliphatic rings. The summed E-state index contributed by atoms with van der Waals surface area (Å²) in [5, 5.41) is 8.21. The summed E-state index contributed by atoms with van der Waals surface area (Å²) in [5.41, 5.74) is -0.970. The average Bonchev–Trinajstić information content (AvgIpc) is 2.80. The van der Waals surface area contributed by atoms with Crippen LogP contribution in [0.15, 0.2) is 35.7 Å². The maximum absolute atomic E-state index is 14.7. The summed E-state index contributed by atoms with van der Waals surface area (Å²) in [6.07, 6.45) is -0.983. The van der Waals surface area contributed by atoms with E-state index in [1.165, 1.54) is 41.4 Å². The van der Waals surface area contributed by atoms with E-state index in [0.717, 1.165) is 6.20 Å². The molecule has 34 heavy (non-hydrogen) atoms. The minimum Gasteiger partial charge on any atom is -0.367 e. The van der Waals surface area contributed by atoms with Gasteiger partial charge in [-0.3, -0.25) is 9.80 Å². The number of hydrazone groups is 1. The fourth-order valence-electron chi connectivity index (χ4n) is 3.08. The molecular weight excluding hydrogens is 452 g/mol. The van der Waals surface area contributed by atoms with Crippen molar-refractivity contribution in [1.29, 1.82) is 0 Å². The van der Waals surface area contributed by atoms with E-state index in [4.69, 9.17) is 0 Å². The maximum Gasteiger partial charge on any atom is 0.434 e. The second-order valence-electron chi connectivity index (χ2n) is 7.18. The first-order valence-corrected chi connectivity index (χ1v) is 10.6. The van der Waals surface area contributed by atoms with Crippen LogP contribution in [-0.2, 0) is 6.18 Å². The maximum atomic E-state index is 14.7. The highest BCUT2D eigenvalue weighted by atomic mass is 19.4. The van der Waals surface area contributed by atoms with Crippen LogP contribution in [0, 0.1) is 17.7 Å². The van der Waals surface area contributed by atoms with Gasteiger partial charge in [-0.2, -0.15) is 18.3 Å². The fourth-order valence-corrected chi connectivity index (χ4v) is 3.08. The van der Waals surface area contributed by atoms with Gasteiger partial charge in [0.25, 0.3) is 5.91 Å². The first-order valence-electron chi connectivity index (χ1n) is 10.6. The predicted molar refractivity (Wildman–Crippen MR) is 123 cm³/mol. The van der Waals surface area contributed by atoms with E-state index in [9.17, 15) is 22.4 Å². The lowest BCUT2D eigenvalue weighted by atomic mass is 10.1. The van der Waals surface area contributed by atoms with E-state index in [-0.39, 0.29) is 23.6 Å². The summed E-state index contributed by atoms with van der Waals surface area (Å²) in [5.74, 6) is 4.63. The van der Waals surface area contributed by atoms with Gasteiger partial charge in [-0.25, -0.2) is 14.4 Å². The van der Waals surface area contributed by atoms with Gasteiger partial charge in [0.15, 0.2) is 5.69 Å². The van der Waals surface area contributed by atoms with Gasteiger partial charge >= 0.3 is 6.18 Å². The van der Waals surface area contributed by atoms with Crippen LogP contribution >= 0.6 is 0 Å². The summed E-state index contributed by atoms with van der Waals surface area (Å²) in [7, 11) is 1.52. The summed E-state index contributed by atoms with van der Waals surface area (Å²) in [6.45, 7) is 5.91. The molecule has 2 aromatic rings. The third-order valence-corrected chi connectivity index (χ3v) is 4.77. The van der Waals surface area contributed by atoms with Crippen molar-refractivity contribution in [2.75, 3.05) is 30.5 Å². The molecule has 0 radical (unpaired) electrons. The van der Waals surface area contributed by atoms with Crippen molar-refractivity contribution in [2.45, 2.75) is 39.4 Å². The molecule has 1 aromatic carbocycles. The van der Waals surface area contributed by atoms with Crippen LogP contribution in [0.3, 0.4) is 0 Å². The molecule has 1 unspecified atom stereocenters. The molecule has 0 aliphatic carbocycles. The van der Waals surface area contributed by atoms with Crippen molar-refractivity contribution >= 4 is 23.6 Å². The number of carbonyl (C=O) groups is 1. The molecule has 11 heteroatoms. The molecule has 1 atom stereocenters. The second-order valence-corrected chi connectivity index (χ2v) is 7.18. The Labute approximate surface area is 195 Å². The lowest BCUT2D eigenvalue weighted by Crippen LogP contribution is -2.42. The molecule has 1 heterocycles. The fraction of sp³-hybridized carbons (Fsp3) is 0.391. The number of carbonyl (C=O) groups excluding carboxylic acids is 1.